The van der Waals surface area contributed by atoms with Gasteiger partial charge in [-0.1, -0.05) is 12.1 Å². The van der Waals surface area contributed by atoms with Crippen molar-refractivity contribution in [2.45, 2.75) is 0 Å². The summed E-state index contributed by atoms with van der Waals surface area (Å²) >= 11 is 6.57. The van der Waals surface area contributed by atoms with Gasteiger partial charge in [-0.3, -0.25) is 10.1 Å². The molecule has 0 aliphatic heterocycles. The first-order chi connectivity index (χ1) is 12.7. The number of nitrogens with one attached hydrogen (secondary N) is 2. The first-order valence-electron chi connectivity index (χ1n) is 7.67. The smallest absolute Gasteiger partial charge is 0.267 e. The molecule has 128 valence electrons. The molecule has 1 aromatic carbocycles. The highest BCUT2D eigenvalue weighted by Gasteiger charge is 2.11. The third kappa shape index (κ3) is 3.46. The Balaban J connectivity index is 1.50. The van der Waals surface area contributed by atoms with Crippen LogP contribution in [0.5, 0.6) is 0 Å². The predicted octanol–water partition coefficient (Wildman–Crippen LogP) is 4.08. The summed E-state index contributed by atoms with van der Waals surface area (Å²) in [5.74, 6) is 0.231. The third-order valence-corrected chi connectivity index (χ3v) is 4.58. The molecular formula is C18H12N4O2S2. The number of aromatic nitrogens is 2. The molecule has 0 spiro atoms. The maximum Gasteiger partial charge on any atom is 0.267 e. The monoisotopic (exact) mass is 380 g/mol. The number of anilines is 1. The average molecular weight is 380 g/mol. The van der Waals surface area contributed by atoms with Gasteiger partial charge < -0.3 is 9.73 Å². The molecule has 0 saturated heterocycles. The zero-order valence-corrected chi connectivity index (χ0v) is 14.9. The fourth-order valence-electron chi connectivity index (χ4n) is 2.36. The van der Waals surface area contributed by atoms with Crippen LogP contribution >= 0.6 is 23.6 Å². The minimum Gasteiger partial charge on any atom is -0.434 e. The van der Waals surface area contributed by atoms with Crippen molar-refractivity contribution in [2.75, 3.05) is 5.32 Å². The minimum atomic E-state index is -0.237. The van der Waals surface area contributed by atoms with Crippen molar-refractivity contribution in [3.05, 3.63) is 65.0 Å². The van der Waals surface area contributed by atoms with Gasteiger partial charge in [-0.05, 0) is 54.0 Å². The van der Waals surface area contributed by atoms with Gasteiger partial charge in [0.05, 0.1) is 4.88 Å². The van der Waals surface area contributed by atoms with E-state index in [4.69, 9.17) is 16.6 Å². The molecule has 0 fully saturated rings. The molecule has 6 nitrogen and oxygen atoms in total. The van der Waals surface area contributed by atoms with Gasteiger partial charge in [0.15, 0.2) is 16.3 Å². The molecule has 0 saturated carbocycles. The molecule has 0 radical (unpaired) electrons. The van der Waals surface area contributed by atoms with Crippen LogP contribution in [0.25, 0.3) is 22.7 Å². The lowest BCUT2D eigenvalue weighted by Crippen LogP contribution is -2.33. The Kier molecular flexibility index (Phi) is 4.42. The number of hydrogen-bond acceptors (Lipinski definition) is 6. The van der Waals surface area contributed by atoms with Gasteiger partial charge in [-0.2, -0.15) is 4.98 Å². The summed E-state index contributed by atoms with van der Waals surface area (Å²) in [4.78, 5) is 21.2. The molecule has 3 aromatic heterocycles. The van der Waals surface area contributed by atoms with E-state index in [1.54, 1.807) is 18.3 Å². The van der Waals surface area contributed by atoms with Crippen molar-refractivity contribution in [2.24, 2.45) is 0 Å². The van der Waals surface area contributed by atoms with E-state index in [-0.39, 0.29) is 11.0 Å². The Morgan fingerprint density at radius 2 is 2.08 bits per heavy atom. The number of nitrogens with zero attached hydrogens (tertiary/aromatic N) is 2. The fraction of sp³-hybridized carbons (Fsp3) is 0. The number of hydrogen-bond donors (Lipinski definition) is 2. The Hall–Kier alpha value is -3.10. The van der Waals surface area contributed by atoms with Crippen molar-refractivity contribution in [3.63, 3.8) is 0 Å². The SMILES string of the molecule is O=C(NC(=S)Nc1cccc(-c2nc3ncccc3o2)c1)c1cccs1. The van der Waals surface area contributed by atoms with Crippen LogP contribution in [0.1, 0.15) is 9.67 Å². The van der Waals surface area contributed by atoms with Crippen LogP contribution in [0.2, 0.25) is 0 Å². The Bertz CT molecular complexity index is 1060. The third-order valence-electron chi connectivity index (χ3n) is 3.50. The largest absolute Gasteiger partial charge is 0.434 e. The lowest BCUT2D eigenvalue weighted by molar-refractivity contribution is 0.0981. The predicted molar refractivity (Wildman–Crippen MR) is 105 cm³/mol. The fourth-order valence-corrected chi connectivity index (χ4v) is 3.19. The summed E-state index contributed by atoms with van der Waals surface area (Å²) in [6, 6.07) is 14.6. The normalized spacial score (nSPS) is 10.6. The zero-order chi connectivity index (χ0) is 17.9. The van der Waals surface area contributed by atoms with Gasteiger partial charge in [-0.15, -0.1) is 11.3 Å². The van der Waals surface area contributed by atoms with Gasteiger partial charge >= 0.3 is 0 Å². The van der Waals surface area contributed by atoms with Crippen LogP contribution < -0.4 is 10.6 Å². The molecule has 4 aromatic rings. The minimum absolute atomic E-state index is 0.222. The number of pyridine rings is 1. The van der Waals surface area contributed by atoms with Crippen LogP contribution in [0.3, 0.4) is 0 Å². The van der Waals surface area contributed by atoms with Crippen LogP contribution in [0.15, 0.2) is 64.5 Å². The molecular weight excluding hydrogens is 368 g/mol. The maximum absolute atomic E-state index is 12.0. The van der Waals surface area contributed by atoms with Gasteiger partial charge in [0.2, 0.25) is 5.89 Å². The number of carbonyl (C=O) groups excluding carboxylic acids is 1. The molecule has 0 unspecified atom stereocenters. The number of rotatable bonds is 3. The van der Waals surface area contributed by atoms with E-state index < -0.39 is 0 Å². The van der Waals surface area contributed by atoms with Gasteiger partial charge in [0.25, 0.3) is 5.91 Å². The number of thiophene rings is 1. The molecule has 1 amide bonds. The maximum atomic E-state index is 12.0. The second-order valence-corrected chi connectivity index (χ2v) is 6.67. The zero-order valence-electron chi connectivity index (χ0n) is 13.3. The Morgan fingerprint density at radius 3 is 2.88 bits per heavy atom. The quantitative estimate of drug-likeness (QED) is 0.522. The lowest BCUT2D eigenvalue weighted by Gasteiger charge is -2.09. The highest BCUT2D eigenvalue weighted by molar-refractivity contribution is 7.80. The van der Waals surface area contributed by atoms with E-state index in [0.717, 1.165) is 5.56 Å². The van der Waals surface area contributed by atoms with Crippen LogP contribution in [-0.2, 0) is 0 Å². The lowest BCUT2D eigenvalue weighted by atomic mass is 10.2. The molecule has 0 bridgehead atoms. The number of benzene rings is 1. The van der Waals surface area contributed by atoms with Crippen LogP contribution in [0.4, 0.5) is 5.69 Å². The number of fused-ring (bicyclic) bond motifs is 1. The second-order valence-electron chi connectivity index (χ2n) is 5.31. The molecule has 3 heterocycles. The summed E-state index contributed by atoms with van der Waals surface area (Å²) in [6.45, 7) is 0. The molecule has 4 rings (SSSR count). The van der Waals surface area contributed by atoms with Crippen molar-refractivity contribution < 1.29 is 9.21 Å². The van der Waals surface area contributed by atoms with E-state index >= 15 is 0 Å². The van der Waals surface area contributed by atoms with E-state index in [9.17, 15) is 4.79 Å². The summed E-state index contributed by atoms with van der Waals surface area (Å²) < 4.78 is 5.72. The second kappa shape index (κ2) is 7.03. The average Bonchev–Trinajstić information content (AvgIpc) is 3.31. The van der Waals surface area contributed by atoms with Crippen molar-refractivity contribution in [1.82, 2.24) is 15.3 Å². The molecule has 8 heteroatoms. The van der Waals surface area contributed by atoms with Crippen LogP contribution in [0, 0.1) is 0 Å². The van der Waals surface area contributed by atoms with Gasteiger partial charge in [-0.25, -0.2) is 4.98 Å². The summed E-state index contributed by atoms with van der Waals surface area (Å²) in [7, 11) is 0. The molecule has 26 heavy (non-hydrogen) atoms. The highest BCUT2D eigenvalue weighted by Crippen LogP contribution is 2.25. The Labute approximate surface area is 157 Å². The van der Waals surface area contributed by atoms with Gasteiger partial charge in [0.1, 0.15) is 0 Å². The number of thiocarbonyl (C=S) groups is 1. The summed E-state index contributed by atoms with van der Waals surface area (Å²) in [5, 5.41) is 7.71. The number of oxazole rings is 1. The Morgan fingerprint density at radius 1 is 1.15 bits per heavy atom. The van der Waals surface area contributed by atoms with E-state index in [1.165, 1.54) is 11.3 Å². The molecule has 0 atom stereocenters. The van der Waals surface area contributed by atoms with Crippen molar-refractivity contribution in [1.29, 1.82) is 0 Å². The summed E-state index contributed by atoms with van der Waals surface area (Å²) in [5.41, 5.74) is 2.67. The summed E-state index contributed by atoms with van der Waals surface area (Å²) in [6.07, 6.45) is 1.67. The first kappa shape index (κ1) is 16.4. The topological polar surface area (TPSA) is 80.0 Å². The molecule has 2 N–H and O–H groups in total. The number of amides is 1. The van der Waals surface area contributed by atoms with E-state index in [2.05, 4.69) is 20.6 Å². The molecule has 0 aliphatic carbocycles. The van der Waals surface area contributed by atoms with Crippen molar-refractivity contribution in [3.8, 4) is 11.5 Å². The van der Waals surface area contributed by atoms with E-state index in [0.29, 0.717) is 27.7 Å². The van der Waals surface area contributed by atoms with E-state index in [1.807, 2.05) is 41.8 Å². The van der Waals surface area contributed by atoms with Crippen molar-refractivity contribution >= 4 is 51.5 Å². The standard InChI is InChI=1S/C18H12N4O2S2/c23-16(14-7-3-9-26-14)22-18(25)20-12-5-1-4-11(10-12)17-21-15-13(24-17)6-2-8-19-15/h1-10H,(H2,20,22,23,25). The first-order valence-corrected chi connectivity index (χ1v) is 8.96. The highest BCUT2D eigenvalue weighted by atomic mass is 32.1. The molecule has 0 aliphatic rings. The number of carbonyl (C=O) groups is 1. The van der Waals surface area contributed by atoms with Crippen LogP contribution in [-0.4, -0.2) is 21.0 Å². The van der Waals surface area contributed by atoms with Gasteiger partial charge in [0, 0.05) is 17.4 Å².